The smallest absolute Gasteiger partial charge is 0.406 e. The Hall–Kier alpha value is -1.54. The fraction of sp³-hybridized carbons (Fsp3) is 0.273. The summed E-state index contributed by atoms with van der Waals surface area (Å²) in [6.07, 6.45) is -4.87. The van der Waals surface area contributed by atoms with E-state index < -0.39 is 22.1 Å². The zero-order valence-corrected chi connectivity index (χ0v) is 10.8. The minimum Gasteiger partial charge on any atom is -0.406 e. The van der Waals surface area contributed by atoms with Crippen molar-refractivity contribution in [3.05, 3.63) is 36.4 Å². The summed E-state index contributed by atoms with van der Waals surface area (Å²) in [6.45, 7) is 5.14. The third-order valence-corrected chi connectivity index (χ3v) is 3.31. The zero-order valence-electron chi connectivity index (χ0n) is 9.99. The summed E-state index contributed by atoms with van der Waals surface area (Å²) in [7, 11) is -3.89. The Kier molecular flexibility index (Phi) is 4.59. The molecule has 0 aliphatic heterocycles. The number of hydrogen-bond acceptors (Lipinski definition) is 3. The van der Waals surface area contributed by atoms with E-state index in [1.165, 1.54) is 6.07 Å². The second-order valence-electron chi connectivity index (χ2n) is 3.80. The molecule has 0 atom stereocenters. The predicted octanol–water partition coefficient (Wildman–Crippen LogP) is 2.44. The molecule has 0 aliphatic carbocycles. The first-order valence-corrected chi connectivity index (χ1v) is 6.58. The van der Waals surface area contributed by atoms with Gasteiger partial charge in [0.05, 0.1) is 4.90 Å². The van der Waals surface area contributed by atoms with Crippen LogP contribution in [0.3, 0.4) is 0 Å². The van der Waals surface area contributed by atoms with Gasteiger partial charge in [0.25, 0.3) is 0 Å². The monoisotopic (exact) mass is 295 g/mol. The first-order valence-electron chi connectivity index (χ1n) is 5.10. The van der Waals surface area contributed by atoms with Crippen molar-refractivity contribution in [1.82, 2.24) is 4.72 Å². The summed E-state index contributed by atoms with van der Waals surface area (Å²) >= 11 is 0. The van der Waals surface area contributed by atoms with Crippen LogP contribution in [0.4, 0.5) is 13.2 Å². The van der Waals surface area contributed by atoms with E-state index in [1.54, 1.807) is 6.92 Å². The van der Waals surface area contributed by atoms with Gasteiger partial charge >= 0.3 is 6.36 Å². The molecule has 0 unspecified atom stereocenters. The molecule has 106 valence electrons. The Labute approximate surface area is 108 Å². The van der Waals surface area contributed by atoms with Crippen LogP contribution in [0.2, 0.25) is 0 Å². The van der Waals surface area contributed by atoms with Crippen molar-refractivity contribution in [1.29, 1.82) is 0 Å². The molecule has 0 heterocycles. The second-order valence-corrected chi connectivity index (χ2v) is 5.57. The van der Waals surface area contributed by atoms with Crippen LogP contribution >= 0.6 is 0 Å². The Morgan fingerprint density at radius 1 is 1.42 bits per heavy atom. The van der Waals surface area contributed by atoms with Crippen molar-refractivity contribution < 1.29 is 26.3 Å². The molecule has 0 fully saturated rings. The summed E-state index contributed by atoms with van der Waals surface area (Å²) in [5.74, 6) is -0.592. The van der Waals surface area contributed by atoms with Gasteiger partial charge in [0, 0.05) is 12.6 Å². The third kappa shape index (κ3) is 5.31. The molecule has 19 heavy (non-hydrogen) atoms. The van der Waals surface area contributed by atoms with E-state index in [-0.39, 0.29) is 11.4 Å². The molecule has 1 rings (SSSR count). The van der Waals surface area contributed by atoms with E-state index in [0.717, 1.165) is 18.2 Å². The van der Waals surface area contributed by atoms with Gasteiger partial charge in [-0.15, -0.1) is 13.2 Å². The van der Waals surface area contributed by atoms with E-state index in [9.17, 15) is 21.6 Å². The van der Waals surface area contributed by atoms with Crippen molar-refractivity contribution in [3.63, 3.8) is 0 Å². The maximum atomic E-state index is 12.0. The number of sulfonamides is 1. The highest BCUT2D eigenvalue weighted by Gasteiger charge is 2.31. The van der Waals surface area contributed by atoms with Crippen LogP contribution in [-0.4, -0.2) is 21.3 Å². The molecule has 1 aromatic carbocycles. The van der Waals surface area contributed by atoms with Crippen LogP contribution in [0.25, 0.3) is 0 Å². The minimum absolute atomic E-state index is 0.00664. The highest BCUT2D eigenvalue weighted by atomic mass is 32.2. The fourth-order valence-electron chi connectivity index (χ4n) is 1.14. The first-order chi connectivity index (χ1) is 8.60. The summed E-state index contributed by atoms with van der Waals surface area (Å²) in [5, 5.41) is 0. The highest BCUT2D eigenvalue weighted by Crippen LogP contribution is 2.24. The van der Waals surface area contributed by atoms with E-state index in [2.05, 4.69) is 16.0 Å². The van der Waals surface area contributed by atoms with E-state index in [0.29, 0.717) is 5.57 Å². The lowest BCUT2D eigenvalue weighted by molar-refractivity contribution is -0.274. The molecule has 8 heteroatoms. The van der Waals surface area contributed by atoms with Crippen molar-refractivity contribution in [2.45, 2.75) is 18.2 Å². The van der Waals surface area contributed by atoms with Gasteiger partial charge in [-0.1, -0.05) is 18.2 Å². The van der Waals surface area contributed by atoms with E-state index in [1.807, 2.05) is 0 Å². The van der Waals surface area contributed by atoms with Crippen molar-refractivity contribution >= 4 is 10.0 Å². The van der Waals surface area contributed by atoms with Gasteiger partial charge in [-0.2, -0.15) is 0 Å². The normalized spacial score (nSPS) is 12.2. The Morgan fingerprint density at radius 3 is 2.58 bits per heavy atom. The standard InChI is InChI=1S/C11H12F3NO3S/c1-8(2)7-15-19(16,17)10-5-3-4-9(6-10)18-11(12,13)14/h3-6,15H,1,7H2,2H3. The van der Waals surface area contributed by atoms with Gasteiger partial charge in [0.1, 0.15) is 5.75 Å². The van der Waals surface area contributed by atoms with Gasteiger partial charge in [0.2, 0.25) is 10.0 Å². The average Bonchev–Trinajstić information content (AvgIpc) is 2.24. The van der Waals surface area contributed by atoms with Crippen molar-refractivity contribution in [3.8, 4) is 5.75 Å². The van der Waals surface area contributed by atoms with Gasteiger partial charge in [-0.3, -0.25) is 0 Å². The average molecular weight is 295 g/mol. The van der Waals surface area contributed by atoms with Crippen LogP contribution in [-0.2, 0) is 10.0 Å². The highest BCUT2D eigenvalue weighted by molar-refractivity contribution is 7.89. The third-order valence-electron chi connectivity index (χ3n) is 1.91. The summed E-state index contributed by atoms with van der Waals surface area (Å²) in [5.41, 5.74) is 0.575. The summed E-state index contributed by atoms with van der Waals surface area (Å²) < 4.78 is 65.5. The molecular weight excluding hydrogens is 283 g/mol. The number of ether oxygens (including phenoxy) is 1. The second kappa shape index (κ2) is 5.62. The summed E-state index contributed by atoms with van der Waals surface area (Å²) in [4.78, 5) is -0.310. The number of benzene rings is 1. The van der Waals surface area contributed by atoms with Crippen LogP contribution in [0.5, 0.6) is 5.75 Å². The Morgan fingerprint density at radius 2 is 2.05 bits per heavy atom. The Bertz CT molecular complexity index is 567. The van der Waals surface area contributed by atoms with Crippen LogP contribution in [0.15, 0.2) is 41.3 Å². The van der Waals surface area contributed by atoms with Gasteiger partial charge < -0.3 is 4.74 Å². The molecule has 0 radical (unpaired) electrons. The molecule has 4 nitrogen and oxygen atoms in total. The number of hydrogen-bond donors (Lipinski definition) is 1. The molecule has 0 amide bonds. The van der Waals surface area contributed by atoms with Crippen LogP contribution < -0.4 is 9.46 Å². The maximum absolute atomic E-state index is 12.0. The summed E-state index contributed by atoms with van der Waals surface area (Å²) in [6, 6.07) is 4.15. The molecule has 0 saturated carbocycles. The molecular formula is C11H12F3NO3S. The molecule has 0 spiro atoms. The quantitative estimate of drug-likeness (QED) is 0.849. The fourth-order valence-corrected chi connectivity index (χ4v) is 2.27. The van der Waals surface area contributed by atoms with Crippen molar-refractivity contribution in [2.75, 3.05) is 6.54 Å². The van der Waals surface area contributed by atoms with E-state index >= 15 is 0 Å². The number of rotatable bonds is 5. The van der Waals surface area contributed by atoms with Crippen LogP contribution in [0.1, 0.15) is 6.92 Å². The largest absolute Gasteiger partial charge is 0.573 e. The first kappa shape index (κ1) is 15.5. The van der Waals surface area contributed by atoms with Crippen molar-refractivity contribution in [2.24, 2.45) is 0 Å². The lowest BCUT2D eigenvalue weighted by atomic mass is 10.3. The maximum Gasteiger partial charge on any atom is 0.573 e. The van der Waals surface area contributed by atoms with Gasteiger partial charge in [-0.05, 0) is 19.1 Å². The minimum atomic E-state index is -4.87. The predicted molar refractivity (Wildman–Crippen MR) is 63.1 cm³/mol. The zero-order chi connectivity index (χ0) is 14.7. The topological polar surface area (TPSA) is 55.4 Å². The van der Waals surface area contributed by atoms with Gasteiger partial charge in [0.15, 0.2) is 0 Å². The lowest BCUT2D eigenvalue weighted by Crippen LogP contribution is -2.25. The van der Waals surface area contributed by atoms with E-state index in [4.69, 9.17) is 0 Å². The number of nitrogens with one attached hydrogen (secondary N) is 1. The molecule has 1 aromatic rings. The van der Waals surface area contributed by atoms with Crippen LogP contribution in [0, 0.1) is 0 Å². The molecule has 0 aliphatic rings. The molecule has 0 bridgehead atoms. The van der Waals surface area contributed by atoms with Gasteiger partial charge in [-0.25, -0.2) is 13.1 Å². The molecule has 0 aromatic heterocycles. The number of alkyl halides is 3. The SMILES string of the molecule is C=C(C)CNS(=O)(=O)c1cccc(OC(F)(F)F)c1. The lowest BCUT2D eigenvalue weighted by Gasteiger charge is -2.11. The molecule has 0 saturated heterocycles. The molecule has 1 N–H and O–H groups in total. The number of halogens is 3. The Balaban J connectivity index is 2.95.